The lowest BCUT2D eigenvalue weighted by Crippen LogP contribution is -2.31. The molecule has 0 aliphatic heterocycles. The summed E-state index contributed by atoms with van der Waals surface area (Å²) in [5, 5.41) is 7.48. The number of rotatable bonds is 7. The number of hydrogen-bond acceptors (Lipinski definition) is 3. The van der Waals surface area contributed by atoms with Crippen LogP contribution in [0, 0.1) is 18.8 Å². The smallest absolute Gasteiger partial charge is 0.150 e. The first-order valence-corrected chi connectivity index (χ1v) is 6.63. The van der Waals surface area contributed by atoms with Gasteiger partial charge in [0.05, 0.1) is 12.2 Å². The zero-order chi connectivity index (χ0) is 12.8. The second-order valence-electron chi connectivity index (χ2n) is 5.77. The van der Waals surface area contributed by atoms with Crippen molar-refractivity contribution in [3.63, 3.8) is 0 Å². The molecule has 1 aromatic heterocycles. The fraction of sp³-hybridized carbons (Fsp3) is 0.786. The van der Waals surface area contributed by atoms with Gasteiger partial charge in [0.1, 0.15) is 0 Å². The Kier molecular flexibility index (Phi) is 5.69. The van der Waals surface area contributed by atoms with Crippen molar-refractivity contribution in [3.05, 3.63) is 17.5 Å². The molecule has 1 rings (SSSR count). The maximum Gasteiger partial charge on any atom is 0.150 e. The van der Waals surface area contributed by atoms with Crippen LogP contribution in [-0.2, 0) is 6.54 Å². The third-order valence-electron chi connectivity index (χ3n) is 2.75. The molecule has 0 saturated heterocycles. The number of nitrogens with zero attached hydrogens (tertiary/aromatic N) is 1. The molecule has 1 aromatic rings. The summed E-state index contributed by atoms with van der Waals surface area (Å²) >= 11 is 0. The molecule has 0 spiro atoms. The Morgan fingerprint density at radius 2 is 1.76 bits per heavy atom. The number of hydrogen-bond donors (Lipinski definition) is 1. The summed E-state index contributed by atoms with van der Waals surface area (Å²) in [6, 6.07) is 2.56. The van der Waals surface area contributed by atoms with Crippen molar-refractivity contribution in [1.82, 2.24) is 10.5 Å². The maximum absolute atomic E-state index is 5.21. The third kappa shape index (κ3) is 5.87. The summed E-state index contributed by atoms with van der Waals surface area (Å²) < 4.78 is 5.21. The van der Waals surface area contributed by atoms with Crippen LogP contribution in [-0.4, -0.2) is 11.2 Å². The van der Waals surface area contributed by atoms with Crippen molar-refractivity contribution in [2.75, 3.05) is 0 Å². The number of aryl methyl sites for hydroxylation is 1. The highest BCUT2D eigenvalue weighted by Crippen LogP contribution is 2.14. The summed E-state index contributed by atoms with van der Waals surface area (Å²) in [5.41, 5.74) is 0.950. The van der Waals surface area contributed by atoms with Crippen LogP contribution in [0.3, 0.4) is 0 Å². The molecule has 0 unspecified atom stereocenters. The molecule has 1 N–H and O–H groups in total. The predicted molar refractivity (Wildman–Crippen MR) is 70.8 cm³/mol. The highest BCUT2D eigenvalue weighted by molar-refractivity contribution is 5.02. The molecule has 0 bridgehead atoms. The Balaban J connectivity index is 2.42. The first-order valence-electron chi connectivity index (χ1n) is 6.63. The lowest BCUT2D eigenvalue weighted by atomic mass is 9.95. The van der Waals surface area contributed by atoms with E-state index in [9.17, 15) is 0 Å². The second-order valence-corrected chi connectivity index (χ2v) is 5.77. The van der Waals surface area contributed by atoms with Crippen LogP contribution in [0.1, 0.15) is 52.0 Å². The summed E-state index contributed by atoms with van der Waals surface area (Å²) in [5.74, 6) is 2.38. The largest absolute Gasteiger partial charge is 0.360 e. The van der Waals surface area contributed by atoms with Gasteiger partial charge in [0.2, 0.25) is 0 Å². The van der Waals surface area contributed by atoms with Gasteiger partial charge in [0.15, 0.2) is 5.76 Å². The molecule has 0 fully saturated rings. The fourth-order valence-corrected chi connectivity index (χ4v) is 2.15. The van der Waals surface area contributed by atoms with Gasteiger partial charge >= 0.3 is 0 Å². The summed E-state index contributed by atoms with van der Waals surface area (Å²) in [7, 11) is 0. The van der Waals surface area contributed by atoms with E-state index in [-0.39, 0.29) is 0 Å². The van der Waals surface area contributed by atoms with Crippen LogP contribution in [0.2, 0.25) is 0 Å². The molecule has 3 nitrogen and oxygen atoms in total. The molecule has 0 amide bonds. The second kappa shape index (κ2) is 6.80. The van der Waals surface area contributed by atoms with E-state index in [0.29, 0.717) is 6.04 Å². The molecule has 98 valence electrons. The molecule has 3 heteroatoms. The Labute approximate surface area is 105 Å². The Bertz CT molecular complexity index is 308. The normalized spacial score (nSPS) is 12.0. The molecule has 1 heterocycles. The monoisotopic (exact) mass is 238 g/mol. The average molecular weight is 238 g/mol. The van der Waals surface area contributed by atoms with Gasteiger partial charge in [0, 0.05) is 12.1 Å². The van der Waals surface area contributed by atoms with Crippen molar-refractivity contribution in [1.29, 1.82) is 0 Å². The summed E-state index contributed by atoms with van der Waals surface area (Å²) in [4.78, 5) is 0. The lowest BCUT2D eigenvalue weighted by molar-refractivity contribution is 0.324. The maximum atomic E-state index is 5.21. The van der Waals surface area contributed by atoms with Gasteiger partial charge in [-0.25, -0.2) is 0 Å². The Morgan fingerprint density at radius 1 is 1.18 bits per heavy atom. The molecule has 0 radical (unpaired) electrons. The highest BCUT2D eigenvalue weighted by Gasteiger charge is 2.13. The molecule has 17 heavy (non-hydrogen) atoms. The molecule has 0 aliphatic rings. The van der Waals surface area contributed by atoms with Crippen LogP contribution in [0.15, 0.2) is 10.6 Å². The van der Waals surface area contributed by atoms with Crippen molar-refractivity contribution < 1.29 is 4.52 Å². The highest BCUT2D eigenvalue weighted by atomic mass is 16.5. The third-order valence-corrected chi connectivity index (χ3v) is 2.75. The zero-order valence-corrected chi connectivity index (χ0v) is 11.8. The van der Waals surface area contributed by atoms with Crippen LogP contribution >= 0.6 is 0 Å². The van der Waals surface area contributed by atoms with Crippen molar-refractivity contribution in [2.24, 2.45) is 11.8 Å². The number of nitrogens with one attached hydrogen (secondary N) is 1. The molecule has 0 saturated carbocycles. The SMILES string of the molecule is Cc1cc(CNC(CC(C)C)CC(C)C)on1. The lowest BCUT2D eigenvalue weighted by Gasteiger charge is -2.21. The van der Waals surface area contributed by atoms with Crippen LogP contribution in [0.5, 0.6) is 0 Å². The van der Waals surface area contributed by atoms with Crippen LogP contribution in [0.4, 0.5) is 0 Å². The predicted octanol–water partition coefficient (Wildman–Crippen LogP) is 3.53. The first-order chi connectivity index (χ1) is 7.97. The topological polar surface area (TPSA) is 38.1 Å². The van der Waals surface area contributed by atoms with Gasteiger partial charge in [-0.2, -0.15) is 0 Å². The van der Waals surface area contributed by atoms with E-state index in [4.69, 9.17) is 4.52 Å². The van der Waals surface area contributed by atoms with Crippen molar-refractivity contribution in [3.8, 4) is 0 Å². The van der Waals surface area contributed by atoms with E-state index >= 15 is 0 Å². The van der Waals surface area contributed by atoms with Gasteiger partial charge in [-0.15, -0.1) is 0 Å². The van der Waals surface area contributed by atoms with E-state index in [2.05, 4.69) is 38.2 Å². The Morgan fingerprint density at radius 3 is 2.18 bits per heavy atom. The van der Waals surface area contributed by atoms with Gasteiger partial charge in [-0.05, 0) is 31.6 Å². The van der Waals surface area contributed by atoms with E-state index in [1.54, 1.807) is 0 Å². The minimum Gasteiger partial charge on any atom is -0.360 e. The molecule has 0 atom stereocenters. The summed E-state index contributed by atoms with van der Waals surface area (Å²) in [6.07, 6.45) is 2.43. The van der Waals surface area contributed by atoms with E-state index < -0.39 is 0 Å². The minimum atomic E-state index is 0.570. The minimum absolute atomic E-state index is 0.570. The van der Waals surface area contributed by atoms with Gasteiger partial charge in [0.25, 0.3) is 0 Å². The zero-order valence-electron chi connectivity index (χ0n) is 11.8. The van der Waals surface area contributed by atoms with Crippen LogP contribution in [0.25, 0.3) is 0 Å². The van der Waals surface area contributed by atoms with Gasteiger partial charge in [-0.1, -0.05) is 32.9 Å². The number of aromatic nitrogens is 1. The quantitative estimate of drug-likeness (QED) is 0.789. The standard InChI is InChI=1S/C14H26N2O/c1-10(2)6-13(7-11(3)4)15-9-14-8-12(5)16-17-14/h8,10-11,13,15H,6-7,9H2,1-5H3. The molecular weight excluding hydrogens is 212 g/mol. The Hall–Kier alpha value is -0.830. The summed E-state index contributed by atoms with van der Waals surface area (Å²) in [6.45, 7) is 11.8. The van der Waals surface area contributed by atoms with Crippen molar-refractivity contribution in [2.45, 2.75) is 60.0 Å². The van der Waals surface area contributed by atoms with E-state index in [0.717, 1.165) is 29.8 Å². The molecule has 0 aromatic carbocycles. The fourth-order valence-electron chi connectivity index (χ4n) is 2.15. The van der Waals surface area contributed by atoms with E-state index in [1.807, 2.05) is 13.0 Å². The van der Waals surface area contributed by atoms with Crippen molar-refractivity contribution >= 4 is 0 Å². The first kappa shape index (κ1) is 14.2. The van der Waals surface area contributed by atoms with E-state index in [1.165, 1.54) is 12.8 Å². The van der Waals surface area contributed by atoms with Gasteiger partial charge < -0.3 is 9.84 Å². The average Bonchev–Trinajstić information content (AvgIpc) is 2.59. The molecular formula is C14H26N2O. The molecule has 0 aliphatic carbocycles. The van der Waals surface area contributed by atoms with Gasteiger partial charge in [-0.3, -0.25) is 0 Å². The van der Waals surface area contributed by atoms with Crippen LogP contribution < -0.4 is 5.32 Å².